The van der Waals surface area contributed by atoms with Gasteiger partial charge in [-0.25, -0.2) is 0 Å². The summed E-state index contributed by atoms with van der Waals surface area (Å²) in [7, 11) is 2.13. The Kier molecular flexibility index (Phi) is 6.33. The summed E-state index contributed by atoms with van der Waals surface area (Å²) in [6.45, 7) is 4.43. The van der Waals surface area contributed by atoms with Gasteiger partial charge in [-0.3, -0.25) is 9.59 Å². The Balaban J connectivity index is 1.40. The average molecular weight is 418 g/mol. The van der Waals surface area contributed by atoms with Gasteiger partial charge in [0.25, 0.3) is 11.8 Å². The van der Waals surface area contributed by atoms with E-state index in [9.17, 15) is 9.59 Å². The zero-order valence-corrected chi connectivity index (χ0v) is 17.5. The molecule has 4 rings (SSSR count). The number of para-hydroxylation sites is 1. The highest BCUT2D eigenvalue weighted by Gasteiger charge is 2.17. The van der Waals surface area contributed by atoms with Gasteiger partial charge in [-0.1, -0.05) is 24.3 Å². The van der Waals surface area contributed by atoms with Crippen molar-refractivity contribution < 1.29 is 14.0 Å². The highest BCUT2D eigenvalue weighted by atomic mass is 16.3. The molecule has 2 aromatic carbocycles. The third-order valence-corrected chi connectivity index (χ3v) is 5.40. The van der Waals surface area contributed by atoms with Crippen molar-refractivity contribution >= 4 is 23.2 Å². The predicted octanol–water partition coefficient (Wildman–Crippen LogP) is 3.21. The Morgan fingerprint density at radius 3 is 2.52 bits per heavy atom. The Bertz CT molecular complexity index is 1040. The molecule has 0 saturated carbocycles. The van der Waals surface area contributed by atoms with E-state index in [2.05, 4.69) is 33.5 Å². The maximum absolute atomic E-state index is 12.8. The SMILES string of the molecule is CN1CCN(c2ccccc2CNC(=O)c2cccc(NC(=O)c3ccco3)c2)CC1. The van der Waals surface area contributed by atoms with Crippen molar-refractivity contribution in [1.29, 1.82) is 0 Å². The van der Waals surface area contributed by atoms with E-state index in [-0.39, 0.29) is 17.6 Å². The van der Waals surface area contributed by atoms with E-state index in [0.29, 0.717) is 17.8 Å². The van der Waals surface area contributed by atoms with Crippen LogP contribution in [0.2, 0.25) is 0 Å². The summed E-state index contributed by atoms with van der Waals surface area (Å²) >= 11 is 0. The molecule has 0 spiro atoms. The topological polar surface area (TPSA) is 77.8 Å². The van der Waals surface area contributed by atoms with E-state index >= 15 is 0 Å². The van der Waals surface area contributed by atoms with Crippen LogP contribution in [0.15, 0.2) is 71.3 Å². The third-order valence-electron chi connectivity index (χ3n) is 5.40. The van der Waals surface area contributed by atoms with Gasteiger partial charge < -0.3 is 24.9 Å². The minimum absolute atomic E-state index is 0.192. The van der Waals surface area contributed by atoms with E-state index in [0.717, 1.165) is 37.4 Å². The molecular formula is C24H26N4O3. The molecule has 1 aliphatic rings. The predicted molar refractivity (Wildman–Crippen MR) is 120 cm³/mol. The average Bonchev–Trinajstić information content (AvgIpc) is 3.34. The lowest BCUT2D eigenvalue weighted by molar-refractivity contribution is 0.0949. The number of hydrogen-bond donors (Lipinski definition) is 2. The van der Waals surface area contributed by atoms with Crippen LogP contribution in [0.3, 0.4) is 0 Å². The molecule has 0 bridgehead atoms. The van der Waals surface area contributed by atoms with Crippen molar-refractivity contribution in [2.75, 3.05) is 43.4 Å². The maximum Gasteiger partial charge on any atom is 0.291 e. The summed E-state index contributed by atoms with van der Waals surface area (Å²) in [6.07, 6.45) is 1.44. The molecule has 31 heavy (non-hydrogen) atoms. The number of benzene rings is 2. The molecule has 1 aromatic heterocycles. The second kappa shape index (κ2) is 9.49. The maximum atomic E-state index is 12.8. The second-order valence-electron chi connectivity index (χ2n) is 7.61. The number of piperazine rings is 1. The van der Waals surface area contributed by atoms with Gasteiger partial charge in [-0.2, -0.15) is 0 Å². The molecule has 160 valence electrons. The smallest absolute Gasteiger partial charge is 0.291 e. The minimum atomic E-state index is -0.358. The highest BCUT2D eigenvalue weighted by Crippen LogP contribution is 2.22. The normalized spacial score (nSPS) is 14.3. The molecule has 7 nitrogen and oxygen atoms in total. The number of nitrogens with one attached hydrogen (secondary N) is 2. The number of carbonyl (C=O) groups excluding carboxylic acids is 2. The van der Waals surface area contributed by atoms with E-state index in [1.54, 1.807) is 36.4 Å². The molecule has 1 fully saturated rings. The second-order valence-corrected chi connectivity index (χ2v) is 7.61. The molecule has 1 aliphatic heterocycles. The number of nitrogens with zero attached hydrogens (tertiary/aromatic N) is 2. The number of furan rings is 1. The van der Waals surface area contributed by atoms with Crippen LogP contribution in [0, 0.1) is 0 Å². The van der Waals surface area contributed by atoms with Crippen molar-refractivity contribution in [2.24, 2.45) is 0 Å². The summed E-state index contributed by atoms with van der Waals surface area (Å²) < 4.78 is 5.10. The number of carbonyl (C=O) groups is 2. The first-order valence-electron chi connectivity index (χ1n) is 10.3. The highest BCUT2D eigenvalue weighted by molar-refractivity contribution is 6.03. The van der Waals surface area contributed by atoms with E-state index in [1.807, 2.05) is 18.2 Å². The van der Waals surface area contributed by atoms with Crippen LogP contribution >= 0.6 is 0 Å². The summed E-state index contributed by atoms with van der Waals surface area (Å²) in [5, 5.41) is 5.75. The molecule has 0 radical (unpaired) electrons. The number of rotatable bonds is 6. The van der Waals surface area contributed by atoms with Gasteiger partial charge in [0.2, 0.25) is 0 Å². The van der Waals surface area contributed by atoms with Gasteiger partial charge in [-0.15, -0.1) is 0 Å². The fraction of sp³-hybridized carbons (Fsp3) is 0.250. The Hall–Kier alpha value is -3.58. The molecule has 0 unspecified atom stereocenters. The van der Waals surface area contributed by atoms with E-state index < -0.39 is 0 Å². The Labute approximate surface area is 181 Å². The first-order valence-corrected chi connectivity index (χ1v) is 10.3. The van der Waals surface area contributed by atoms with Crippen molar-refractivity contribution in [3.05, 3.63) is 83.8 Å². The summed E-state index contributed by atoms with van der Waals surface area (Å²) in [5.74, 6) is -0.332. The van der Waals surface area contributed by atoms with Crippen molar-refractivity contribution in [1.82, 2.24) is 10.2 Å². The first-order chi connectivity index (χ1) is 15.1. The molecule has 2 amide bonds. The summed E-state index contributed by atoms with van der Waals surface area (Å²) in [4.78, 5) is 29.6. The van der Waals surface area contributed by atoms with Gasteiger partial charge in [0, 0.05) is 49.7 Å². The summed E-state index contributed by atoms with van der Waals surface area (Å²) in [6, 6.07) is 18.3. The van der Waals surface area contributed by atoms with Crippen LogP contribution in [-0.2, 0) is 6.54 Å². The third kappa shape index (κ3) is 5.13. The number of likely N-dealkylation sites (N-methyl/N-ethyl adjacent to an activating group) is 1. The minimum Gasteiger partial charge on any atom is -0.459 e. The number of anilines is 2. The quantitative estimate of drug-likeness (QED) is 0.643. The standard InChI is InChI=1S/C24H26N4O3/c1-27-11-13-28(14-12-27)21-9-3-2-6-19(21)17-25-23(29)18-7-4-8-20(16-18)26-24(30)22-10-5-15-31-22/h2-10,15-16H,11-14,17H2,1H3,(H,25,29)(H,26,30). The summed E-state index contributed by atoms with van der Waals surface area (Å²) in [5.41, 5.74) is 3.26. The monoisotopic (exact) mass is 418 g/mol. The zero-order valence-electron chi connectivity index (χ0n) is 17.5. The van der Waals surface area contributed by atoms with Gasteiger partial charge in [-0.05, 0) is 49.0 Å². The molecule has 0 atom stereocenters. The van der Waals surface area contributed by atoms with Gasteiger partial charge in [0.05, 0.1) is 6.26 Å². The number of hydrogen-bond acceptors (Lipinski definition) is 5. The largest absolute Gasteiger partial charge is 0.459 e. The molecular weight excluding hydrogens is 392 g/mol. The Morgan fingerprint density at radius 1 is 0.935 bits per heavy atom. The van der Waals surface area contributed by atoms with Crippen LogP contribution in [0.25, 0.3) is 0 Å². The van der Waals surface area contributed by atoms with Gasteiger partial charge in [0.1, 0.15) is 0 Å². The van der Waals surface area contributed by atoms with E-state index in [1.165, 1.54) is 6.26 Å². The van der Waals surface area contributed by atoms with Crippen molar-refractivity contribution in [2.45, 2.75) is 6.54 Å². The lowest BCUT2D eigenvalue weighted by Crippen LogP contribution is -2.45. The number of amides is 2. The molecule has 7 heteroatoms. The van der Waals surface area contributed by atoms with E-state index in [4.69, 9.17) is 4.42 Å². The van der Waals surface area contributed by atoms with Gasteiger partial charge >= 0.3 is 0 Å². The fourth-order valence-electron chi connectivity index (χ4n) is 3.63. The molecule has 3 aromatic rings. The van der Waals surface area contributed by atoms with Crippen molar-refractivity contribution in [3.8, 4) is 0 Å². The molecule has 1 saturated heterocycles. The first kappa shape index (κ1) is 20.7. The van der Waals surface area contributed by atoms with Crippen LogP contribution in [0.5, 0.6) is 0 Å². The molecule has 2 heterocycles. The lowest BCUT2D eigenvalue weighted by Gasteiger charge is -2.35. The lowest BCUT2D eigenvalue weighted by atomic mass is 10.1. The zero-order chi connectivity index (χ0) is 21.6. The Morgan fingerprint density at radius 2 is 1.74 bits per heavy atom. The van der Waals surface area contributed by atoms with Crippen LogP contribution < -0.4 is 15.5 Å². The van der Waals surface area contributed by atoms with Crippen LogP contribution in [-0.4, -0.2) is 49.9 Å². The fourth-order valence-corrected chi connectivity index (χ4v) is 3.63. The molecule has 0 aliphatic carbocycles. The molecule has 2 N–H and O–H groups in total. The van der Waals surface area contributed by atoms with Crippen LogP contribution in [0.1, 0.15) is 26.5 Å². The van der Waals surface area contributed by atoms with Gasteiger partial charge in [0.15, 0.2) is 5.76 Å². The van der Waals surface area contributed by atoms with Crippen molar-refractivity contribution in [3.63, 3.8) is 0 Å². The van der Waals surface area contributed by atoms with Crippen LogP contribution in [0.4, 0.5) is 11.4 Å².